The molecule has 1 unspecified atom stereocenters. The van der Waals surface area contributed by atoms with Crippen molar-refractivity contribution < 1.29 is 4.79 Å². The van der Waals surface area contributed by atoms with Crippen molar-refractivity contribution in [1.29, 1.82) is 0 Å². The lowest BCUT2D eigenvalue weighted by Crippen LogP contribution is -2.29. The van der Waals surface area contributed by atoms with Crippen LogP contribution in [0.5, 0.6) is 0 Å². The van der Waals surface area contributed by atoms with Crippen molar-refractivity contribution in [3.05, 3.63) is 92.9 Å². The maximum Gasteiger partial charge on any atom is 0.262 e. The van der Waals surface area contributed by atoms with E-state index in [1.54, 1.807) is 22.0 Å². The average Bonchev–Trinajstić information content (AvgIpc) is 3.30. The number of hydrogen-bond donors (Lipinski definition) is 1. The van der Waals surface area contributed by atoms with Gasteiger partial charge in [0.05, 0.1) is 29.2 Å². The number of para-hydroxylation sites is 1. The number of thiophene rings is 1. The van der Waals surface area contributed by atoms with E-state index in [9.17, 15) is 9.59 Å². The fraction of sp³-hybridized carbons (Fsp3) is 0.174. The minimum absolute atomic E-state index is 0.0471. The third-order valence-electron chi connectivity index (χ3n) is 4.69. The summed E-state index contributed by atoms with van der Waals surface area (Å²) in [6.45, 7) is 2.38. The summed E-state index contributed by atoms with van der Waals surface area (Å²) in [4.78, 5) is 31.4. The van der Waals surface area contributed by atoms with Crippen LogP contribution in [0, 0.1) is 0 Å². The van der Waals surface area contributed by atoms with Gasteiger partial charge in [-0.25, -0.2) is 4.98 Å². The minimum atomic E-state index is -0.0979. The van der Waals surface area contributed by atoms with Gasteiger partial charge in [0.1, 0.15) is 0 Å². The van der Waals surface area contributed by atoms with Gasteiger partial charge in [-0.05, 0) is 36.1 Å². The molecule has 1 N–H and O–H groups in total. The van der Waals surface area contributed by atoms with Crippen molar-refractivity contribution in [1.82, 2.24) is 14.9 Å². The molecule has 4 rings (SSSR count). The van der Waals surface area contributed by atoms with Gasteiger partial charge in [0, 0.05) is 4.88 Å². The summed E-state index contributed by atoms with van der Waals surface area (Å²) >= 11 is 2.90. The summed E-state index contributed by atoms with van der Waals surface area (Å²) in [6, 6.07) is 21.0. The summed E-state index contributed by atoms with van der Waals surface area (Å²) in [5.41, 5.74) is 1.55. The molecule has 152 valence electrons. The Balaban J connectivity index is 1.58. The first-order chi connectivity index (χ1) is 14.6. The van der Waals surface area contributed by atoms with Crippen molar-refractivity contribution in [2.24, 2.45) is 0 Å². The summed E-state index contributed by atoms with van der Waals surface area (Å²) in [7, 11) is 0. The van der Waals surface area contributed by atoms with Gasteiger partial charge in [0.2, 0.25) is 5.91 Å². The third-order valence-corrected chi connectivity index (χ3v) is 6.72. The van der Waals surface area contributed by atoms with E-state index in [4.69, 9.17) is 0 Å². The quantitative estimate of drug-likeness (QED) is 0.343. The SMILES string of the molecule is CC(NC(=O)CSc1nc2ccccc2c(=O)n1Cc1ccccc1)c1cccs1. The first kappa shape index (κ1) is 20.4. The largest absolute Gasteiger partial charge is 0.348 e. The molecule has 1 amide bonds. The predicted molar refractivity (Wildman–Crippen MR) is 123 cm³/mol. The molecule has 0 aliphatic carbocycles. The van der Waals surface area contributed by atoms with Crippen LogP contribution in [0.4, 0.5) is 0 Å². The van der Waals surface area contributed by atoms with E-state index >= 15 is 0 Å². The summed E-state index contributed by atoms with van der Waals surface area (Å²) < 4.78 is 1.65. The molecule has 7 heteroatoms. The third kappa shape index (κ3) is 4.63. The summed E-state index contributed by atoms with van der Waals surface area (Å²) in [5, 5.41) is 6.12. The molecule has 2 heterocycles. The van der Waals surface area contributed by atoms with E-state index in [-0.39, 0.29) is 23.3 Å². The Morgan fingerprint density at radius 2 is 1.87 bits per heavy atom. The maximum atomic E-state index is 13.1. The molecule has 1 atom stereocenters. The van der Waals surface area contributed by atoms with Gasteiger partial charge in [-0.1, -0.05) is 60.3 Å². The summed E-state index contributed by atoms with van der Waals surface area (Å²) in [5.74, 6) is 0.101. The second-order valence-corrected chi connectivity index (χ2v) is 8.80. The van der Waals surface area contributed by atoms with Crippen molar-refractivity contribution >= 4 is 39.9 Å². The second-order valence-electron chi connectivity index (χ2n) is 6.88. The van der Waals surface area contributed by atoms with Crippen molar-refractivity contribution in [3.8, 4) is 0 Å². The molecule has 0 radical (unpaired) electrons. The predicted octanol–water partition coefficient (Wildman–Crippen LogP) is 4.48. The van der Waals surface area contributed by atoms with E-state index in [1.807, 2.05) is 73.0 Å². The van der Waals surface area contributed by atoms with Crippen LogP contribution < -0.4 is 10.9 Å². The highest BCUT2D eigenvalue weighted by atomic mass is 32.2. The summed E-state index contributed by atoms with van der Waals surface area (Å²) in [6.07, 6.45) is 0. The Morgan fingerprint density at radius 3 is 2.63 bits per heavy atom. The zero-order valence-corrected chi connectivity index (χ0v) is 18.1. The standard InChI is InChI=1S/C23H21N3O2S2/c1-16(20-12-7-13-29-20)24-21(27)15-30-23-25-19-11-6-5-10-18(19)22(28)26(23)14-17-8-3-2-4-9-17/h2-13,16H,14-15H2,1H3,(H,24,27). The number of carbonyl (C=O) groups is 1. The zero-order chi connectivity index (χ0) is 20.9. The highest BCUT2D eigenvalue weighted by Gasteiger charge is 2.15. The number of amides is 1. The van der Waals surface area contributed by atoms with Gasteiger partial charge >= 0.3 is 0 Å². The minimum Gasteiger partial charge on any atom is -0.348 e. The molecule has 0 saturated heterocycles. The smallest absolute Gasteiger partial charge is 0.262 e. The number of fused-ring (bicyclic) bond motifs is 1. The lowest BCUT2D eigenvalue weighted by Gasteiger charge is -2.15. The maximum absolute atomic E-state index is 13.1. The molecule has 30 heavy (non-hydrogen) atoms. The van der Waals surface area contributed by atoms with E-state index in [2.05, 4.69) is 10.3 Å². The lowest BCUT2D eigenvalue weighted by molar-refractivity contribution is -0.119. The molecule has 0 aliphatic heterocycles. The first-order valence-corrected chi connectivity index (χ1v) is 11.5. The van der Waals surface area contributed by atoms with E-state index < -0.39 is 0 Å². The fourth-order valence-electron chi connectivity index (χ4n) is 3.19. The number of aromatic nitrogens is 2. The first-order valence-electron chi connectivity index (χ1n) is 9.61. The molecule has 0 fully saturated rings. The number of benzene rings is 2. The normalized spacial score (nSPS) is 12.0. The highest BCUT2D eigenvalue weighted by molar-refractivity contribution is 7.99. The molecular formula is C23H21N3O2S2. The van der Waals surface area contributed by atoms with Crippen LogP contribution >= 0.6 is 23.1 Å². The monoisotopic (exact) mass is 435 g/mol. The lowest BCUT2D eigenvalue weighted by atomic mass is 10.2. The van der Waals surface area contributed by atoms with Gasteiger partial charge < -0.3 is 5.32 Å². The molecule has 0 aliphatic rings. The molecule has 5 nitrogen and oxygen atoms in total. The Labute approximate surface area is 182 Å². The number of nitrogens with one attached hydrogen (secondary N) is 1. The Kier molecular flexibility index (Phi) is 6.30. The van der Waals surface area contributed by atoms with Gasteiger partial charge in [-0.15, -0.1) is 11.3 Å². The van der Waals surface area contributed by atoms with Crippen molar-refractivity contribution in [3.63, 3.8) is 0 Å². The van der Waals surface area contributed by atoms with Gasteiger partial charge in [0.15, 0.2) is 5.16 Å². The fourth-order valence-corrected chi connectivity index (χ4v) is 4.73. The van der Waals surface area contributed by atoms with Crippen LogP contribution in [-0.2, 0) is 11.3 Å². The van der Waals surface area contributed by atoms with E-state index in [0.29, 0.717) is 22.6 Å². The van der Waals surface area contributed by atoms with Gasteiger partial charge in [-0.3, -0.25) is 14.2 Å². The molecule has 0 saturated carbocycles. The van der Waals surface area contributed by atoms with Crippen LogP contribution in [0.2, 0.25) is 0 Å². The Hall–Kier alpha value is -2.90. The molecule has 0 spiro atoms. The molecule has 2 aromatic carbocycles. The van der Waals surface area contributed by atoms with Crippen LogP contribution in [0.1, 0.15) is 23.4 Å². The topological polar surface area (TPSA) is 64.0 Å². The van der Waals surface area contributed by atoms with Crippen molar-refractivity contribution in [2.75, 3.05) is 5.75 Å². The van der Waals surface area contributed by atoms with Crippen LogP contribution in [-0.4, -0.2) is 21.2 Å². The van der Waals surface area contributed by atoms with E-state index in [0.717, 1.165) is 10.4 Å². The van der Waals surface area contributed by atoms with Crippen LogP contribution in [0.15, 0.2) is 82.1 Å². The average molecular weight is 436 g/mol. The number of rotatable bonds is 7. The Morgan fingerprint density at radius 1 is 1.10 bits per heavy atom. The number of thioether (sulfide) groups is 1. The Bertz CT molecular complexity index is 1200. The molecule has 2 aromatic heterocycles. The van der Waals surface area contributed by atoms with Crippen LogP contribution in [0.25, 0.3) is 10.9 Å². The van der Waals surface area contributed by atoms with Gasteiger partial charge in [0.25, 0.3) is 5.56 Å². The highest BCUT2D eigenvalue weighted by Crippen LogP contribution is 2.21. The van der Waals surface area contributed by atoms with Crippen LogP contribution in [0.3, 0.4) is 0 Å². The zero-order valence-electron chi connectivity index (χ0n) is 16.4. The number of carbonyl (C=O) groups excluding carboxylic acids is 1. The molecular weight excluding hydrogens is 414 g/mol. The number of nitrogens with zero attached hydrogens (tertiary/aromatic N) is 2. The molecule has 0 bridgehead atoms. The van der Waals surface area contributed by atoms with E-state index in [1.165, 1.54) is 11.8 Å². The second kappa shape index (κ2) is 9.28. The van der Waals surface area contributed by atoms with Gasteiger partial charge in [-0.2, -0.15) is 0 Å². The molecule has 4 aromatic rings. The van der Waals surface area contributed by atoms with Crippen molar-refractivity contribution in [2.45, 2.75) is 24.7 Å². The number of hydrogen-bond acceptors (Lipinski definition) is 5.